The van der Waals surface area contributed by atoms with Crippen molar-refractivity contribution in [2.75, 3.05) is 32.6 Å². The highest BCUT2D eigenvalue weighted by molar-refractivity contribution is 5.93. The van der Waals surface area contributed by atoms with Gasteiger partial charge in [0.15, 0.2) is 0 Å². The lowest BCUT2D eigenvalue weighted by atomic mass is 9.95. The lowest BCUT2D eigenvalue weighted by molar-refractivity contribution is -0.00177. The molecule has 0 saturated carbocycles. The second-order valence-corrected chi connectivity index (χ2v) is 4.97. The van der Waals surface area contributed by atoms with Crippen molar-refractivity contribution < 1.29 is 9.53 Å². The Balaban J connectivity index is 2.10. The van der Waals surface area contributed by atoms with E-state index in [2.05, 4.69) is 17.2 Å². The largest absolute Gasteiger partial charge is 0.388 e. The summed E-state index contributed by atoms with van der Waals surface area (Å²) < 4.78 is 5.44. The maximum absolute atomic E-state index is 12.4. The molecule has 1 fully saturated rings. The van der Waals surface area contributed by atoms with Crippen LogP contribution in [0.3, 0.4) is 0 Å². The Kier molecular flexibility index (Phi) is 4.37. The highest BCUT2D eigenvalue weighted by Gasteiger charge is 2.29. The van der Waals surface area contributed by atoms with Gasteiger partial charge in [0.25, 0.3) is 5.91 Å². The number of aromatic nitrogens is 1. The third-order valence-corrected chi connectivity index (χ3v) is 3.75. The van der Waals surface area contributed by atoms with Gasteiger partial charge in [-0.1, -0.05) is 6.92 Å². The minimum Gasteiger partial charge on any atom is -0.388 e. The first-order chi connectivity index (χ1) is 9.15. The maximum atomic E-state index is 12.4. The molecule has 5 nitrogen and oxygen atoms in total. The zero-order valence-corrected chi connectivity index (χ0v) is 11.7. The first kappa shape index (κ1) is 13.8. The molecule has 1 N–H and O–H groups in total. The van der Waals surface area contributed by atoms with Gasteiger partial charge < -0.3 is 15.0 Å². The minimum absolute atomic E-state index is 0.0222. The molecule has 2 rings (SSSR count). The predicted molar refractivity (Wildman–Crippen MR) is 74.3 cm³/mol. The van der Waals surface area contributed by atoms with Gasteiger partial charge >= 0.3 is 0 Å². The van der Waals surface area contributed by atoms with Crippen LogP contribution in [0.15, 0.2) is 18.3 Å². The van der Waals surface area contributed by atoms with Crippen LogP contribution in [0, 0.1) is 5.92 Å². The molecule has 1 aromatic rings. The molecule has 0 radical (unpaired) electrons. The number of ether oxygens (including phenoxy) is 1. The summed E-state index contributed by atoms with van der Waals surface area (Å²) in [7, 11) is 3.53. The fourth-order valence-electron chi connectivity index (χ4n) is 2.39. The number of pyridine rings is 1. The van der Waals surface area contributed by atoms with E-state index < -0.39 is 0 Å². The number of amides is 1. The van der Waals surface area contributed by atoms with Crippen LogP contribution in [0.4, 0.5) is 5.69 Å². The molecule has 0 bridgehead atoms. The van der Waals surface area contributed by atoms with Crippen molar-refractivity contribution >= 4 is 11.6 Å². The SMILES string of the molecule is CNc1ccnc(C(=O)N2CCC(C)C(OC)C2)c1. The number of hydrogen-bond acceptors (Lipinski definition) is 4. The number of nitrogens with one attached hydrogen (secondary N) is 1. The molecular weight excluding hydrogens is 242 g/mol. The van der Waals surface area contributed by atoms with Crippen molar-refractivity contribution in [1.82, 2.24) is 9.88 Å². The van der Waals surface area contributed by atoms with Gasteiger partial charge in [-0.15, -0.1) is 0 Å². The Morgan fingerprint density at radius 3 is 3.05 bits per heavy atom. The average Bonchev–Trinajstić information content (AvgIpc) is 2.47. The van der Waals surface area contributed by atoms with Crippen molar-refractivity contribution in [3.63, 3.8) is 0 Å². The van der Waals surface area contributed by atoms with Gasteiger partial charge in [0.2, 0.25) is 0 Å². The molecule has 104 valence electrons. The summed E-state index contributed by atoms with van der Waals surface area (Å²) in [6, 6.07) is 3.62. The maximum Gasteiger partial charge on any atom is 0.272 e. The summed E-state index contributed by atoms with van der Waals surface area (Å²) >= 11 is 0. The third kappa shape index (κ3) is 3.04. The Morgan fingerprint density at radius 2 is 2.37 bits per heavy atom. The van der Waals surface area contributed by atoms with Gasteiger partial charge in [-0.25, -0.2) is 0 Å². The lowest BCUT2D eigenvalue weighted by Crippen LogP contribution is -2.46. The van der Waals surface area contributed by atoms with Gasteiger partial charge in [-0.2, -0.15) is 0 Å². The molecule has 5 heteroatoms. The molecule has 1 aromatic heterocycles. The summed E-state index contributed by atoms with van der Waals surface area (Å²) in [6.45, 7) is 3.57. The van der Waals surface area contributed by atoms with Crippen molar-refractivity contribution in [1.29, 1.82) is 0 Å². The van der Waals surface area contributed by atoms with Crippen LogP contribution >= 0.6 is 0 Å². The molecule has 0 spiro atoms. The molecule has 1 aliphatic rings. The van der Waals surface area contributed by atoms with Crippen LogP contribution in [-0.4, -0.2) is 49.1 Å². The first-order valence-electron chi connectivity index (χ1n) is 6.61. The normalized spacial score (nSPS) is 23.2. The standard InChI is InChI=1S/C14H21N3O2/c1-10-5-7-17(9-13(10)19-3)14(18)12-8-11(15-2)4-6-16-12/h4,6,8,10,13H,5,7,9H2,1-3H3,(H,15,16). The molecule has 1 saturated heterocycles. The topological polar surface area (TPSA) is 54.5 Å². The minimum atomic E-state index is -0.0222. The van der Waals surface area contributed by atoms with E-state index >= 15 is 0 Å². The van der Waals surface area contributed by atoms with Crippen LogP contribution in [0.25, 0.3) is 0 Å². The predicted octanol–water partition coefficient (Wildman–Crippen LogP) is 1.62. The summed E-state index contributed by atoms with van der Waals surface area (Å²) in [4.78, 5) is 18.4. The van der Waals surface area contributed by atoms with E-state index in [1.807, 2.05) is 18.0 Å². The average molecular weight is 263 g/mol. The number of piperidine rings is 1. The highest BCUT2D eigenvalue weighted by Crippen LogP contribution is 2.21. The smallest absolute Gasteiger partial charge is 0.272 e. The molecule has 2 unspecified atom stereocenters. The van der Waals surface area contributed by atoms with Gasteiger partial charge in [-0.3, -0.25) is 9.78 Å². The second kappa shape index (κ2) is 6.02. The van der Waals surface area contributed by atoms with Crippen molar-refractivity contribution in [3.8, 4) is 0 Å². The molecule has 19 heavy (non-hydrogen) atoms. The monoisotopic (exact) mass is 263 g/mol. The number of carbonyl (C=O) groups is 1. The molecule has 2 atom stereocenters. The van der Waals surface area contributed by atoms with Crippen molar-refractivity contribution in [3.05, 3.63) is 24.0 Å². The van der Waals surface area contributed by atoms with E-state index in [1.165, 1.54) is 0 Å². The summed E-state index contributed by atoms with van der Waals surface area (Å²) in [5.74, 6) is 0.469. The molecule has 1 aliphatic heterocycles. The van der Waals surface area contributed by atoms with E-state index in [1.54, 1.807) is 19.4 Å². The van der Waals surface area contributed by atoms with E-state index in [4.69, 9.17) is 4.74 Å². The number of likely N-dealkylation sites (tertiary alicyclic amines) is 1. The molecule has 1 amide bonds. The van der Waals surface area contributed by atoms with Crippen molar-refractivity contribution in [2.45, 2.75) is 19.4 Å². The second-order valence-electron chi connectivity index (χ2n) is 4.97. The Hall–Kier alpha value is -1.62. The zero-order valence-electron chi connectivity index (χ0n) is 11.7. The van der Waals surface area contributed by atoms with Crippen LogP contribution < -0.4 is 5.32 Å². The van der Waals surface area contributed by atoms with E-state index in [9.17, 15) is 4.79 Å². The van der Waals surface area contributed by atoms with Crippen LogP contribution in [0.1, 0.15) is 23.8 Å². The fourth-order valence-corrected chi connectivity index (χ4v) is 2.39. The fraction of sp³-hybridized carbons (Fsp3) is 0.571. The third-order valence-electron chi connectivity index (χ3n) is 3.75. The lowest BCUT2D eigenvalue weighted by Gasteiger charge is -2.36. The van der Waals surface area contributed by atoms with Crippen molar-refractivity contribution in [2.24, 2.45) is 5.92 Å². The quantitative estimate of drug-likeness (QED) is 0.900. The summed E-state index contributed by atoms with van der Waals surface area (Å²) in [5.41, 5.74) is 1.38. The van der Waals surface area contributed by atoms with Gasteiger partial charge in [0, 0.05) is 39.1 Å². The van der Waals surface area contributed by atoms with Crippen LogP contribution in [-0.2, 0) is 4.74 Å². The summed E-state index contributed by atoms with van der Waals surface area (Å²) in [6.07, 6.45) is 2.74. The number of methoxy groups -OCH3 is 1. The number of carbonyl (C=O) groups excluding carboxylic acids is 1. The summed E-state index contributed by atoms with van der Waals surface area (Å²) in [5, 5.41) is 3.02. The highest BCUT2D eigenvalue weighted by atomic mass is 16.5. The van der Waals surface area contributed by atoms with E-state index in [-0.39, 0.29) is 12.0 Å². The number of rotatable bonds is 3. The van der Waals surface area contributed by atoms with Crippen LogP contribution in [0.2, 0.25) is 0 Å². The Morgan fingerprint density at radius 1 is 1.58 bits per heavy atom. The van der Waals surface area contributed by atoms with Gasteiger partial charge in [0.1, 0.15) is 5.69 Å². The van der Waals surface area contributed by atoms with Crippen LogP contribution in [0.5, 0.6) is 0 Å². The molecule has 2 heterocycles. The Bertz CT molecular complexity index is 450. The Labute approximate surface area is 114 Å². The van der Waals surface area contributed by atoms with E-state index in [0.717, 1.165) is 18.7 Å². The molecule has 0 aromatic carbocycles. The number of anilines is 1. The molecular formula is C14H21N3O2. The zero-order chi connectivity index (χ0) is 13.8. The first-order valence-corrected chi connectivity index (χ1v) is 6.61. The number of hydrogen-bond donors (Lipinski definition) is 1. The molecule has 0 aliphatic carbocycles. The number of nitrogens with zero attached hydrogens (tertiary/aromatic N) is 2. The van der Waals surface area contributed by atoms with E-state index in [0.29, 0.717) is 18.2 Å². The van der Waals surface area contributed by atoms with Gasteiger partial charge in [-0.05, 0) is 24.5 Å². The van der Waals surface area contributed by atoms with Gasteiger partial charge in [0.05, 0.1) is 6.10 Å².